The molecular formula is C12H15N3O2. The minimum Gasteiger partial charge on any atom is -0.478 e. The molecule has 5 heteroatoms. The topological polar surface area (TPSA) is 86.0 Å². The van der Waals surface area contributed by atoms with Gasteiger partial charge in [-0.25, -0.2) is 9.78 Å². The van der Waals surface area contributed by atoms with E-state index in [4.69, 9.17) is 10.4 Å². The highest BCUT2D eigenvalue weighted by molar-refractivity contribution is 5.93. The predicted molar refractivity (Wildman–Crippen MR) is 64.0 cm³/mol. The molecule has 0 aliphatic rings. The first-order valence-corrected chi connectivity index (χ1v) is 5.41. The largest absolute Gasteiger partial charge is 0.478 e. The Labute approximate surface area is 100 Å². The molecule has 0 saturated carbocycles. The molecular weight excluding hydrogens is 218 g/mol. The van der Waals surface area contributed by atoms with E-state index in [-0.39, 0.29) is 17.2 Å². The van der Waals surface area contributed by atoms with E-state index in [9.17, 15) is 4.79 Å². The Balaban J connectivity index is 3.24. The number of rotatable bonds is 4. The second kappa shape index (κ2) is 5.30. The average molecular weight is 233 g/mol. The van der Waals surface area contributed by atoms with Crippen LogP contribution in [0.15, 0.2) is 6.07 Å². The van der Waals surface area contributed by atoms with E-state index in [1.807, 2.05) is 19.9 Å². The van der Waals surface area contributed by atoms with Crippen molar-refractivity contribution in [1.29, 1.82) is 5.26 Å². The van der Waals surface area contributed by atoms with Gasteiger partial charge in [0.25, 0.3) is 0 Å². The first-order valence-electron chi connectivity index (χ1n) is 5.41. The summed E-state index contributed by atoms with van der Waals surface area (Å²) in [6.45, 7) is 5.63. The Morgan fingerprint density at radius 2 is 2.35 bits per heavy atom. The molecule has 1 aromatic rings. The summed E-state index contributed by atoms with van der Waals surface area (Å²) >= 11 is 0. The van der Waals surface area contributed by atoms with Gasteiger partial charge in [-0.2, -0.15) is 5.26 Å². The molecule has 90 valence electrons. The molecule has 2 N–H and O–H groups in total. The maximum atomic E-state index is 11.1. The maximum Gasteiger partial charge on any atom is 0.339 e. The van der Waals surface area contributed by atoms with Crippen LogP contribution in [0, 0.1) is 18.3 Å². The van der Waals surface area contributed by atoms with E-state index < -0.39 is 5.97 Å². The Bertz CT molecular complexity index is 477. The summed E-state index contributed by atoms with van der Waals surface area (Å²) in [5.41, 5.74) is 0.854. The number of hydrogen-bond donors (Lipinski definition) is 2. The van der Waals surface area contributed by atoms with Crippen molar-refractivity contribution in [1.82, 2.24) is 4.98 Å². The molecule has 17 heavy (non-hydrogen) atoms. The van der Waals surface area contributed by atoms with Gasteiger partial charge in [0, 0.05) is 6.04 Å². The third kappa shape index (κ3) is 2.94. The van der Waals surface area contributed by atoms with Crippen molar-refractivity contribution in [2.75, 3.05) is 5.32 Å². The number of aromatic nitrogens is 1. The van der Waals surface area contributed by atoms with Crippen LogP contribution < -0.4 is 5.32 Å². The summed E-state index contributed by atoms with van der Waals surface area (Å²) in [6, 6.07) is 3.42. The zero-order chi connectivity index (χ0) is 13.0. The van der Waals surface area contributed by atoms with Crippen LogP contribution in [-0.4, -0.2) is 22.1 Å². The van der Waals surface area contributed by atoms with Crippen LogP contribution in [0.3, 0.4) is 0 Å². The van der Waals surface area contributed by atoms with Crippen molar-refractivity contribution >= 4 is 11.8 Å². The second-order valence-electron chi connectivity index (χ2n) is 3.89. The van der Waals surface area contributed by atoms with E-state index in [0.717, 1.165) is 6.42 Å². The van der Waals surface area contributed by atoms with Gasteiger partial charge in [-0.15, -0.1) is 0 Å². The standard InChI is InChI=1S/C12H15N3O2/c1-4-7(2)14-11-10(12(16)17)5-9(6-13)8(3)15-11/h5,7H,4H2,1-3H3,(H,14,15)(H,16,17). The molecule has 1 rings (SSSR count). The third-order valence-electron chi connectivity index (χ3n) is 2.56. The molecule has 0 bridgehead atoms. The van der Waals surface area contributed by atoms with Gasteiger partial charge in [0.2, 0.25) is 0 Å². The maximum absolute atomic E-state index is 11.1. The number of aryl methyl sites for hydroxylation is 1. The molecule has 1 heterocycles. The Morgan fingerprint density at radius 1 is 1.71 bits per heavy atom. The average Bonchev–Trinajstić information content (AvgIpc) is 2.28. The number of pyridine rings is 1. The number of carbonyl (C=O) groups is 1. The Hall–Kier alpha value is -2.09. The number of nitrogens with one attached hydrogen (secondary N) is 1. The van der Waals surface area contributed by atoms with E-state index in [1.54, 1.807) is 6.92 Å². The molecule has 0 aliphatic heterocycles. The molecule has 0 fully saturated rings. The Kier molecular flexibility index (Phi) is 4.05. The van der Waals surface area contributed by atoms with Gasteiger partial charge in [0.05, 0.1) is 11.3 Å². The molecule has 0 spiro atoms. The second-order valence-corrected chi connectivity index (χ2v) is 3.89. The number of hydrogen-bond acceptors (Lipinski definition) is 4. The molecule has 0 amide bonds. The van der Waals surface area contributed by atoms with Crippen LogP contribution in [0.2, 0.25) is 0 Å². The van der Waals surface area contributed by atoms with Crippen molar-refractivity contribution in [3.05, 3.63) is 22.9 Å². The fourth-order valence-corrected chi connectivity index (χ4v) is 1.33. The van der Waals surface area contributed by atoms with Crippen molar-refractivity contribution in [2.45, 2.75) is 33.2 Å². The monoisotopic (exact) mass is 233 g/mol. The van der Waals surface area contributed by atoms with Gasteiger partial charge >= 0.3 is 5.97 Å². The number of nitrogens with zero attached hydrogens (tertiary/aromatic N) is 2. The molecule has 0 radical (unpaired) electrons. The highest BCUT2D eigenvalue weighted by Gasteiger charge is 2.16. The number of nitriles is 1. The van der Waals surface area contributed by atoms with Crippen molar-refractivity contribution in [3.8, 4) is 6.07 Å². The summed E-state index contributed by atoms with van der Waals surface area (Å²) in [6.07, 6.45) is 0.861. The van der Waals surface area contributed by atoms with Crippen molar-refractivity contribution in [2.24, 2.45) is 0 Å². The van der Waals surface area contributed by atoms with Crippen molar-refractivity contribution < 1.29 is 9.90 Å². The summed E-state index contributed by atoms with van der Waals surface area (Å²) in [4.78, 5) is 15.2. The number of carboxylic acids is 1. The lowest BCUT2D eigenvalue weighted by molar-refractivity contribution is 0.0697. The van der Waals surface area contributed by atoms with E-state index in [0.29, 0.717) is 11.5 Å². The van der Waals surface area contributed by atoms with Gasteiger partial charge in [-0.05, 0) is 26.3 Å². The first-order chi connectivity index (χ1) is 7.99. The molecule has 1 atom stereocenters. The highest BCUT2D eigenvalue weighted by atomic mass is 16.4. The van der Waals surface area contributed by atoms with Gasteiger partial charge < -0.3 is 10.4 Å². The normalized spacial score (nSPS) is 11.6. The fraction of sp³-hybridized carbons (Fsp3) is 0.417. The zero-order valence-corrected chi connectivity index (χ0v) is 10.1. The van der Waals surface area contributed by atoms with E-state index in [2.05, 4.69) is 10.3 Å². The van der Waals surface area contributed by atoms with Crippen LogP contribution in [0.5, 0.6) is 0 Å². The van der Waals surface area contributed by atoms with Gasteiger partial charge in [0.1, 0.15) is 17.5 Å². The number of anilines is 1. The van der Waals surface area contributed by atoms with Gasteiger partial charge in [-0.3, -0.25) is 0 Å². The summed E-state index contributed by atoms with van der Waals surface area (Å²) in [7, 11) is 0. The molecule has 0 aliphatic carbocycles. The summed E-state index contributed by atoms with van der Waals surface area (Å²) < 4.78 is 0. The number of carboxylic acid groups (broad SMARTS) is 1. The van der Waals surface area contributed by atoms with E-state index >= 15 is 0 Å². The smallest absolute Gasteiger partial charge is 0.339 e. The van der Waals surface area contributed by atoms with Gasteiger partial charge in [0.15, 0.2) is 0 Å². The van der Waals surface area contributed by atoms with Crippen LogP contribution in [0.4, 0.5) is 5.82 Å². The van der Waals surface area contributed by atoms with Crippen LogP contribution in [0.1, 0.15) is 41.9 Å². The molecule has 5 nitrogen and oxygen atoms in total. The Morgan fingerprint density at radius 3 is 2.82 bits per heavy atom. The van der Waals surface area contributed by atoms with Crippen LogP contribution in [0.25, 0.3) is 0 Å². The van der Waals surface area contributed by atoms with Crippen LogP contribution >= 0.6 is 0 Å². The first kappa shape index (κ1) is 13.0. The minimum absolute atomic E-state index is 0.0347. The zero-order valence-electron chi connectivity index (χ0n) is 10.1. The highest BCUT2D eigenvalue weighted by Crippen LogP contribution is 2.18. The summed E-state index contributed by atoms with van der Waals surface area (Å²) in [5, 5.41) is 20.9. The van der Waals surface area contributed by atoms with Crippen molar-refractivity contribution in [3.63, 3.8) is 0 Å². The lowest BCUT2D eigenvalue weighted by Gasteiger charge is -2.15. The SMILES string of the molecule is CCC(C)Nc1nc(C)c(C#N)cc1C(=O)O. The van der Waals surface area contributed by atoms with E-state index in [1.165, 1.54) is 6.07 Å². The lowest BCUT2D eigenvalue weighted by Crippen LogP contribution is -2.18. The van der Waals surface area contributed by atoms with Crippen LogP contribution in [-0.2, 0) is 0 Å². The predicted octanol–water partition coefficient (Wildman–Crippen LogP) is 2.17. The lowest BCUT2D eigenvalue weighted by atomic mass is 10.1. The third-order valence-corrected chi connectivity index (χ3v) is 2.56. The number of aromatic carboxylic acids is 1. The molecule has 1 unspecified atom stereocenters. The van der Waals surface area contributed by atoms with Gasteiger partial charge in [-0.1, -0.05) is 6.92 Å². The molecule has 0 saturated heterocycles. The molecule has 1 aromatic heterocycles. The quantitative estimate of drug-likeness (QED) is 0.832. The fourth-order valence-electron chi connectivity index (χ4n) is 1.33. The summed E-state index contributed by atoms with van der Waals surface area (Å²) in [5.74, 6) is -0.761. The molecule has 0 aromatic carbocycles. The minimum atomic E-state index is -1.08.